The van der Waals surface area contributed by atoms with Gasteiger partial charge in [0.2, 0.25) is 0 Å². The molecule has 0 aliphatic rings. The van der Waals surface area contributed by atoms with Crippen LogP contribution in [0.4, 0.5) is 4.39 Å². The molecule has 0 spiro atoms. The average molecular weight is 457 g/mol. The Balaban J connectivity index is 0.00000196. The van der Waals surface area contributed by atoms with E-state index in [1.54, 1.807) is 6.07 Å². The van der Waals surface area contributed by atoms with Crippen molar-refractivity contribution in [3.05, 3.63) is 24.8 Å². The first-order valence-electron chi connectivity index (χ1n) is 4.05. The van der Waals surface area contributed by atoms with Crippen LogP contribution in [0.2, 0.25) is 0 Å². The normalized spacial score (nSPS) is 12.0. The van der Waals surface area contributed by atoms with Crippen molar-refractivity contribution >= 4 is 57.6 Å². The molecule has 0 aliphatic carbocycles. The lowest BCUT2D eigenvalue weighted by Crippen LogP contribution is -2.11. The van der Waals surface area contributed by atoms with Crippen molar-refractivity contribution in [2.75, 3.05) is 6.67 Å². The van der Waals surface area contributed by atoms with Gasteiger partial charge >= 0.3 is 0 Å². The summed E-state index contributed by atoms with van der Waals surface area (Å²) in [4.78, 5) is 0. The van der Waals surface area contributed by atoms with Gasteiger partial charge in [0.1, 0.15) is 5.75 Å². The molecule has 0 amide bonds. The van der Waals surface area contributed by atoms with Crippen LogP contribution in [0.15, 0.2) is 12.1 Å². The lowest BCUT2D eigenvalue weighted by molar-refractivity contribution is 0.422. The number of rotatable bonds is 3. The molecule has 0 aromatic heterocycles. The van der Waals surface area contributed by atoms with Gasteiger partial charge in [-0.25, -0.2) is 0 Å². The summed E-state index contributed by atoms with van der Waals surface area (Å²) < 4.78 is 13.8. The zero-order valence-corrected chi connectivity index (χ0v) is 12.8. The summed E-state index contributed by atoms with van der Waals surface area (Å²) in [6.45, 7) is -0.470. The van der Waals surface area contributed by atoms with Gasteiger partial charge in [-0.05, 0) is 63.7 Å². The van der Waals surface area contributed by atoms with Gasteiger partial charge in [-0.3, -0.25) is 4.39 Å². The summed E-state index contributed by atoms with van der Waals surface area (Å²) in [6.07, 6.45) is 0.240. The zero-order chi connectivity index (χ0) is 10.7. The molecule has 86 valence electrons. The Morgan fingerprint density at radius 2 is 2.00 bits per heavy atom. The lowest BCUT2D eigenvalue weighted by atomic mass is 10.0. The number of alkyl halides is 1. The molecule has 0 saturated heterocycles. The minimum atomic E-state index is -0.470. The van der Waals surface area contributed by atoms with Crippen LogP contribution in [-0.2, 0) is 0 Å². The van der Waals surface area contributed by atoms with Crippen LogP contribution in [0, 0.1) is 7.14 Å². The molecule has 1 aromatic rings. The summed E-state index contributed by atoms with van der Waals surface area (Å²) in [5.41, 5.74) is 6.36. The van der Waals surface area contributed by atoms with Crippen LogP contribution < -0.4 is 5.73 Å². The third kappa shape index (κ3) is 4.20. The topological polar surface area (TPSA) is 46.2 Å². The fraction of sp³-hybridized carbons (Fsp3) is 0.333. The molecule has 0 heterocycles. The Kier molecular flexibility index (Phi) is 7.39. The van der Waals surface area contributed by atoms with Crippen molar-refractivity contribution in [2.45, 2.75) is 12.5 Å². The Morgan fingerprint density at radius 1 is 1.40 bits per heavy atom. The molecule has 0 bridgehead atoms. The van der Waals surface area contributed by atoms with E-state index < -0.39 is 12.7 Å². The molecule has 3 N–H and O–H groups in total. The first-order valence-corrected chi connectivity index (χ1v) is 6.21. The summed E-state index contributed by atoms with van der Waals surface area (Å²) in [7, 11) is 0. The molecule has 0 saturated carbocycles. The van der Waals surface area contributed by atoms with Crippen molar-refractivity contribution in [2.24, 2.45) is 5.73 Å². The van der Waals surface area contributed by atoms with Gasteiger partial charge in [0, 0.05) is 15.2 Å². The van der Waals surface area contributed by atoms with Crippen LogP contribution in [0.25, 0.3) is 0 Å². The highest BCUT2D eigenvalue weighted by Crippen LogP contribution is 2.31. The fourth-order valence-corrected chi connectivity index (χ4v) is 3.03. The van der Waals surface area contributed by atoms with Crippen LogP contribution >= 0.6 is 57.6 Å². The number of hydrogen-bond acceptors (Lipinski definition) is 2. The molecule has 1 aromatic carbocycles. The number of hydrogen-bond donors (Lipinski definition) is 2. The van der Waals surface area contributed by atoms with E-state index >= 15 is 0 Å². The van der Waals surface area contributed by atoms with E-state index in [9.17, 15) is 9.50 Å². The third-order valence-electron chi connectivity index (χ3n) is 1.88. The molecular formula is C9H11ClFI2NO. The Morgan fingerprint density at radius 3 is 2.53 bits per heavy atom. The number of phenolic OH excluding ortho intramolecular Hbond substituents is 1. The first-order chi connectivity index (χ1) is 6.56. The zero-order valence-electron chi connectivity index (χ0n) is 7.71. The Labute approximate surface area is 122 Å². The SMILES string of the molecule is Cl.N[C@@H](CCF)c1cc(I)cc(I)c1O. The highest BCUT2D eigenvalue weighted by atomic mass is 127. The smallest absolute Gasteiger partial charge is 0.133 e. The molecule has 0 fully saturated rings. The summed E-state index contributed by atoms with van der Waals surface area (Å²) in [6, 6.07) is 3.21. The van der Waals surface area contributed by atoms with Crippen molar-refractivity contribution in [1.29, 1.82) is 0 Å². The second-order valence-electron chi connectivity index (χ2n) is 2.91. The molecule has 15 heavy (non-hydrogen) atoms. The molecule has 1 atom stereocenters. The summed E-state index contributed by atoms with van der Waals surface area (Å²) in [5.74, 6) is 0.173. The predicted molar refractivity (Wildman–Crippen MR) is 78.3 cm³/mol. The Hall–Kier alpha value is 0.660. The minimum absolute atomic E-state index is 0. The van der Waals surface area contributed by atoms with E-state index in [1.807, 2.05) is 28.7 Å². The third-order valence-corrected chi connectivity index (χ3v) is 3.32. The number of benzene rings is 1. The monoisotopic (exact) mass is 457 g/mol. The quantitative estimate of drug-likeness (QED) is 0.684. The predicted octanol–water partition coefficient (Wildman–Crippen LogP) is 3.38. The molecule has 6 heteroatoms. The lowest BCUT2D eigenvalue weighted by Gasteiger charge is -2.13. The summed E-state index contributed by atoms with van der Waals surface area (Å²) in [5, 5.41) is 9.71. The molecular weight excluding hydrogens is 446 g/mol. The maximum absolute atomic E-state index is 12.1. The van der Waals surface area contributed by atoms with Crippen molar-refractivity contribution < 1.29 is 9.50 Å². The Bertz CT molecular complexity index is 338. The summed E-state index contributed by atoms with van der Waals surface area (Å²) >= 11 is 4.18. The molecule has 2 nitrogen and oxygen atoms in total. The number of halogens is 4. The van der Waals surface area contributed by atoms with Gasteiger partial charge in [-0.1, -0.05) is 0 Å². The molecule has 0 radical (unpaired) electrons. The van der Waals surface area contributed by atoms with Gasteiger partial charge in [0.05, 0.1) is 10.2 Å². The van der Waals surface area contributed by atoms with E-state index in [0.717, 1.165) is 7.14 Å². The second-order valence-corrected chi connectivity index (χ2v) is 5.32. The van der Waals surface area contributed by atoms with E-state index in [0.29, 0.717) is 5.56 Å². The highest BCUT2D eigenvalue weighted by Gasteiger charge is 2.13. The first kappa shape index (κ1) is 15.7. The highest BCUT2D eigenvalue weighted by molar-refractivity contribution is 14.1. The molecule has 0 unspecified atom stereocenters. The van der Waals surface area contributed by atoms with Gasteiger partial charge in [0.15, 0.2) is 0 Å². The average Bonchev–Trinajstić information content (AvgIpc) is 2.11. The van der Waals surface area contributed by atoms with Crippen molar-refractivity contribution in [3.63, 3.8) is 0 Å². The van der Waals surface area contributed by atoms with Gasteiger partial charge < -0.3 is 10.8 Å². The van der Waals surface area contributed by atoms with Crippen LogP contribution in [0.1, 0.15) is 18.0 Å². The molecule has 0 aliphatic heterocycles. The fourth-order valence-electron chi connectivity index (χ4n) is 1.14. The van der Waals surface area contributed by atoms with E-state index in [4.69, 9.17) is 5.73 Å². The number of aromatic hydroxyl groups is 1. The maximum atomic E-state index is 12.1. The second kappa shape index (κ2) is 7.08. The van der Waals surface area contributed by atoms with Crippen molar-refractivity contribution in [3.8, 4) is 5.75 Å². The largest absolute Gasteiger partial charge is 0.506 e. The number of phenols is 1. The van der Waals surface area contributed by atoms with Gasteiger partial charge in [-0.2, -0.15) is 0 Å². The number of nitrogens with two attached hydrogens (primary N) is 1. The minimum Gasteiger partial charge on any atom is -0.506 e. The van der Waals surface area contributed by atoms with E-state index in [-0.39, 0.29) is 24.6 Å². The molecule has 1 rings (SSSR count). The van der Waals surface area contributed by atoms with Crippen LogP contribution in [0.5, 0.6) is 5.75 Å². The van der Waals surface area contributed by atoms with Crippen LogP contribution in [0.3, 0.4) is 0 Å². The van der Waals surface area contributed by atoms with E-state index in [2.05, 4.69) is 22.6 Å². The van der Waals surface area contributed by atoms with Gasteiger partial charge in [-0.15, -0.1) is 12.4 Å². The van der Waals surface area contributed by atoms with E-state index in [1.165, 1.54) is 0 Å². The van der Waals surface area contributed by atoms with Crippen molar-refractivity contribution in [1.82, 2.24) is 0 Å². The maximum Gasteiger partial charge on any atom is 0.133 e. The standard InChI is InChI=1S/C9H10FI2NO.ClH/c10-2-1-8(13)6-3-5(11)4-7(12)9(6)14;/h3-4,8,14H,1-2,13H2;1H/t8-;/m0./s1. The van der Waals surface area contributed by atoms with Crippen LogP contribution in [-0.4, -0.2) is 11.8 Å². The van der Waals surface area contributed by atoms with Gasteiger partial charge in [0.25, 0.3) is 0 Å².